The first-order valence-corrected chi connectivity index (χ1v) is 9.71. The Kier molecular flexibility index (Phi) is 7.05. The monoisotopic (exact) mass is 430 g/mol. The molecule has 0 fully saturated rings. The molecule has 0 amide bonds. The third-order valence-corrected chi connectivity index (χ3v) is 4.44. The third kappa shape index (κ3) is 5.85. The number of anilines is 1. The van der Waals surface area contributed by atoms with Crippen molar-refractivity contribution in [1.82, 2.24) is 14.8 Å². The summed E-state index contributed by atoms with van der Waals surface area (Å²) >= 11 is 1.32. The summed E-state index contributed by atoms with van der Waals surface area (Å²) in [5.41, 5.74) is 4.00. The van der Waals surface area contributed by atoms with Crippen molar-refractivity contribution in [3.63, 3.8) is 0 Å². The molecule has 3 aromatic rings. The highest BCUT2D eigenvalue weighted by atomic mass is 32.1. The maximum absolute atomic E-state index is 11.5. The minimum absolute atomic E-state index is 0.00974. The van der Waals surface area contributed by atoms with Crippen molar-refractivity contribution in [2.24, 2.45) is 5.10 Å². The number of hydrogen-bond donors (Lipinski definition) is 1. The van der Waals surface area contributed by atoms with Crippen molar-refractivity contribution >= 4 is 34.3 Å². The molecule has 0 saturated carbocycles. The summed E-state index contributed by atoms with van der Waals surface area (Å²) in [6.07, 6.45) is 4.12. The molecule has 0 aliphatic carbocycles. The highest BCUT2D eigenvalue weighted by Gasteiger charge is 2.10. The molecular formula is C18H18N6O5S. The average Bonchev–Trinajstić information content (AvgIpc) is 3.37. The van der Waals surface area contributed by atoms with Crippen molar-refractivity contribution in [2.75, 3.05) is 12.0 Å². The molecule has 11 nitrogen and oxygen atoms in total. The topological polar surface area (TPSA) is 134 Å². The normalized spacial score (nSPS) is 10.8. The van der Waals surface area contributed by atoms with E-state index in [1.807, 2.05) is 6.07 Å². The van der Waals surface area contributed by atoms with Gasteiger partial charge < -0.3 is 9.47 Å². The summed E-state index contributed by atoms with van der Waals surface area (Å²) in [5, 5.41) is 21.0. The van der Waals surface area contributed by atoms with Crippen LogP contribution >= 0.6 is 11.3 Å². The summed E-state index contributed by atoms with van der Waals surface area (Å²) in [6, 6.07) is 7.18. The molecule has 156 valence electrons. The molecule has 0 unspecified atom stereocenters. The van der Waals surface area contributed by atoms with Crippen LogP contribution in [-0.2, 0) is 22.7 Å². The van der Waals surface area contributed by atoms with Gasteiger partial charge in [-0.25, -0.2) is 9.67 Å². The Morgan fingerprint density at radius 1 is 1.43 bits per heavy atom. The van der Waals surface area contributed by atoms with Gasteiger partial charge in [0, 0.05) is 10.9 Å². The maximum atomic E-state index is 11.5. The summed E-state index contributed by atoms with van der Waals surface area (Å²) in [6.45, 7) is 2.09. The molecule has 0 aliphatic heterocycles. The van der Waals surface area contributed by atoms with Crippen LogP contribution in [0.1, 0.15) is 18.2 Å². The number of nitrogens with one attached hydrogen (secondary N) is 1. The van der Waals surface area contributed by atoms with Crippen LogP contribution < -0.4 is 10.2 Å². The number of nitro groups is 1. The number of esters is 1. The van der Waals surface area contributed by atoms with Gasteiger partial charge in [-0.05, 0) is 19.1 Å². The summed E-state index contributed by atoms with van der Waals surface area (Å²) in [7, 11) is 0. The molecule has 30 heavy (non-hydrogen) atoms. The molecule has 0 spiro atoms. The lowest BCUT2D eigenvalue weighted by Crippen LogP contribution is -2.07. The standard InChI is InChI=1S/C18H18N6O5S/c1-2-28-17(25)7-14-11-30-18(21-14)22-19-8-13-5-3-4-6-16(13)29-12-23-10-15(9-20-23)24(26)27/h3-6,8-11H,2,7,12H2,1H3,(H,21,22). The molecule has 0 aliphatic rings. The van der Waals surface area contributed by atoms with Crippen LogP contribution in [0.15, 0.2) is 47.1 Å². The van der Waals surface area contributed by atoms with E-state index in [1.54, 1.807) is 36.7 Å². The number of aromatic nitrogens is 3. The van der Waals surface area contributed by atoms with Crippen LogP contribution in [-0.4, -0.2) is 38.5 Å². The van der Waals surface area contributed by atoms with Crippen molar-refractivity contribution < 1.29 is 19.2 Å². The van der Waals surface area contributed by atoms with Gasteiger partial charge >= 0.3 is 11.7 Å². The quantitative estimate of drug-likeness (QED) is 0.225. The van der Waals surface area contributed by atoms with Gasteiger partial charge in [-0.3, -0.25) is 20.3 Å². The number of thiazole rings is 1. The predicted molar refractivity (Wildman–Crippen MR) is 110 cm³/mol. The number of hydrogen-bond acceptors (Lipinski definition) is 10. The zero-order chi connectivity index (χ0) is 21.3. The smallest absolute Gasteiger partial charge is 0.311 e. The molecule has 2 aromatic heterocycles. The number of rotatable bonds is 10. The fourth-order valence-corrected chi connectivity index (χ4v) is 2.99. The van der Waals surface area contributed by atoms with Crippen molar-refractivity contribution in [2.45, 2.75) is 20.1 Å². The molecule has 1 N–H and O–H groups in total. The van der Waals surface area contributed by atoms with Crippen LogP contribution in [0.3, 0.4) is 0 Å². The Morgan fingerprint density at radius 3 is 3.03 bits per heavy atom. The predicted octanol–water partition coefficient (Wildman–Crippen LogP) is 2.84. The minimum atomic E-state index is -0.521. The number of ether oxygens (including phenoxy) is 2. The van der Waals surface area contributed by atoms with E-state index in [-0.39, 0.29) is 24.8 Å². The molecule has 0 atom stereocenters. The second-order valence-corrected chi connectivity index (χ2v) is 6.66. The second kappa shape index (κ2) is 10.1. The molecule has 12 heteroatoms. The van der Waals surface area contributed by atoms with Crippen LogP contribution in [0.5, 0.6) is 5.75 Å². The minimum Gasteiger partial charge on any atom is -0.471 e. The van der Waals surface area contributed by atoms with Gasteiger partial charge in [0.15, 0.2) is 6.73 Å². The Labute approximate surface area is 175 Å². The third-order valence-electron chi connectivity index (χ3n) is 3.65. The maximum Gasteiger partial charge on any atom is 0.311 e. The molecule has 3 rings (SSSR count). The van der Waals surface area contributed by atoms with Crippen molar-refractivity contribution in [3.05, 3.63) is 63.4 Å². The van der Waals surface area contributed by atoms with Gasteiger partial charge in [0.1, 0.15) is 18.1 Å². The highest BCUT2D eigenvalue weighted by Crippen LogP contribution is 2.19. The van der Waals surface area contributed by atoms with E-state index in [2.05, 4.69) is 20.6 Å². The molecule has 0 saturated heterocycles. The van der Waals surface area contributed by atoms with Crippen LogP contribution in [0.2, 0.25) is 0 Å². The largest absolute Gasteiger partial charge is 0.471 e. The van der Waals surface area contributed by atoms with E-state index in [4.69, 9.17) is 9.47 Å². The number of para-hydroxylation sites is 1. The molecular weight excluding hydrogens is 412 g/mol. The van der Waals surface area contributed by atoms with Crippen molar-refractivity contribution in [3.8, 4) is 5.75 Å². The van der Waals surface area contributed by atoms with Crippen LogP contribution in [0, 0.1) is 10.1 Å². The van der Waals surface area contributed by atoms with Gasteiger partial charge in [-0.1, -0.05) is 12.1 Å². The van der Waals surface area contributed by atoms with Gasteiger partial charge in [-0.2, -0.15) is 10.2 Å². The van der Waals surface area contributed by atoms with Gasteiger partial charge in [-0.15, -0.1) is 11.3 Å². The van der Waals surface area contributed by atoms with E-state index in [0.29, 0.717) is 28.7 Å². The van der Waals surface area contributed by atoms with E-state index < -0.39 is 4.92 Å². The first kappa shape index (κ1) is 20.9. The second-order valence-electron chi connectivity index (χ2n) is 5.80. The number of carbonyl (C=O) groups is 1. The number of nitrogens with zero attached hydrogens (tertiary/aromatic N) is 5. The van der Waals surface area contributed by atoms with Gasteiger partial charge in [0.05, 0.1) is 29.9 Å². The van der Waals surface area contributed by atoms with E-state index in [9.17, 15) is 14.9 Å². The Bertz CT molecular complexity index is 1050. The first-order chi connectivity index (χ1) is 14.5. The van der Waals surface area contributed by atoms with Crippen LogP contribution in [0.4, 0.5) is 10.8 Å². The van der Waals surface area contributed by atoms with Crippen molar-refractivity contribution in [1.29, 1.82) is 0 Å². The van der Waals surface area contributed by atoms with E-state index in [0.717, 1.165) is 6.20 Å². The molecule has 0 bridgehead atoms. The number of hydrazone groups is 1. The lowest BCUT2D eigenvalue weighted by molar-refractivity contribution is -0.385. The number of benzene rings is 1. The fourth-order valence-electron chi connectivity index (χ4n) is 2.33. The van der Waals surface area contributed by atoms with E-state index in [1.165, 1.54) is 22.2 Å². The van der Waals surface area contributed by atoms with Gasteiger partial charge in [0.2, 0.25) is 5.13 Å². The molecule has 0 radical (unpaired) electrons. The van der Waals surface area contributed by atoms with E-state index >= 15 is 0 Å². The Hall–Kier alpha value is -3.80. The zero-order valence-corrected chi connectivity index (χ0v) is 16.7. The Balaban J connectivity index is 1.57. The zero-order valence-electron chi connectivity index (χ0n) is 15.9. The average molecular weight is 430 g/mol. The molecule has 2 heterocycles. The fraction of sp³-hybridized carbons (Fsp3) is 0.222. The first-order valence-electron chi connectivity index (χ1n) is 8.83. The lowest BCUT2D eigenvalue weighted by Gasteiger charge is -2.08. The summed E-state index contributed by atoms with van der Waals surface area (Å²) in [4.78, 5) is 26.0. The SMILES string of the molecule is CCOC(=O)Cc1csc(NN=Cc2ccccc2OCn2cc([N+](=O)[O-])cn2)n1. The highest BCUT2D eigenvalue weighted by molar-refractivity contribution is 7.13. The van der Waals surface area contributed by atoms with Crippen LogP contribution in [0.25, 0.3) is 0 Å². The number of carbonyl (C=O) groups excluding carboxylic acids is 1. The lowest BCUT2D eigenvalue weighted by atomic mass is 10.2. The molecule has 1 aromatic carbocycles. The van der Waals surface area contributed by atoms with Gasteiger partial charge in [0.25, 0.3) is 0 Å². The summed E-state index contributed by atoms with van der Waals surface area (Å²) in [5.74, 6) is 0.204. The Morgan fingerprint density at radius 2 is 2.27 bits per heavy atom. The summed E-state index contributed by atoms with van der Waals surface area (Å²) < 4.78 is 11.9.